The van der Waals surface area contributed by atoms with E-state index in [2.05, 4.69) is 30.7 Å². The van der Waals surface area contributed by atoms with Gasteiger partial charge < -0.3 is 10.6 Å². The Hall–Kier alpha value is -0.120. The summed E-state index contributed by atoms with van der Waals surface area (Å²) in [6.45, 7) is 10.2. The van der Waals surface area contributed by atoms with Crippen LogP contribution >= 0.6 is 0 Å². The van der Waals surface area contributed by atoms with Crippen LogP contribution in [0.2, 0.25) is 0 Å². The Morgan fingerprint density at radius 3 is 2.53 bits per heavy atom. The number of nitrogens with zero attached hydrogens (tertiary/aromatic N) is 2. The van der Waals surface area contributed by atoms with E-state index >= 15 is 0 Å². The van der Waals surface area contributed by atoms with Gasteiger partial charge in [-0.05, 0) is 65.3 Å². The molecule has 2 N–H and O–H groups in total. The molecule has 1 saturated heterocycles. The molecule has 3 nitrogen and oxygen atoms in total. The largest absolute Gasteiger partial charge is 0.329 e. The van der Waals surface area contributed by atoms with E-state index in [1.165, 1.54) is 58.3 Å². The van der Waals surface area contributed by atoms with Gasteiger partial charge in [0.15, 0.2) is 0 Å². The van der Waals surface area contributed by atoms with Crippen molar-refractivity contribution in [2.45, 2.75) is 51.5 Å². The highest BCUT2D eigenvalue weighted by Crippen LogP contribution is 2.27. The van der Waals surface area contributed by atoms with Crippen LogP contribution in [0.5, 0.6) is 0 Å². The molecule has 0 amide bonds. The van der Waals surface area contributed by atoms with Crippen LogP contribution in [0.25, 0.3) is 0 Å². The highest BCUT2D eigenvalue weighted by molar-refractivity contribution is 4.93. The second-order valence-corrected chi connectivity index (χ2v) is 5.55. The Labute approximate surface area is 107 Å². The van der Waals surface area contributed by atoms with Gasteiger partial charge in [0.05, 0.1) is 0 Å². The standard InChI is InChI=1S/C14H31N3/c1-4-9-16(3)14(13-15)7-6-11-17(10-5-2)12-8-14/h4-13,15H2,1-3H3. The number of rotatable bonds is 6. The number of hydrogen-bond acceptors (Lipinski definition) is 3. The minimum atomic E-state index is 0.262. The minimum absolute atomic E-state index is 0.262. The van der Waals surface area contributed by atoms with E-state index < -0.39 is 0 Å². The Morgan fingerprint density at radius 2 is 1.94 bits per heavy atom. The van der Waals surface area contributed by atoms with Gasteiger partial charge in [-0.3, -0.25) is 4.90 Å². The summed E-state index contributed by atoms with van der Waals surface area (Å²) in [4.78, 5) is 5.12. The van der Waals surface area contributed by atoms with E-state index in [1.54, 1.807) is 0 Å². The molecule has 0 bridgehead atoms. The van der Waals surface area contributed by atoms with Crippen LogP contribution in [0.4, 0.5) is 0 Å². The van der Waals surface area contributed by atoms with Crippen LogP contribution in [0.3, 0.4) is 0 Å². The van der Waals surface area contributed by atoms with Crippen LogP contribution in [0.15, 0.2) is 0 Å². The fourth-order valence-corrected chi connectivity index (χ4v) is 3.09. The number of likely N-dealkylation sites (tertiary alicyclic amines) is 1. The molecule has 1 unspecified atom stereocenters. The predicted octanol–water partition coefficient (Wildman–Crippen LogP) is 1.92. The summed E-state index contributed by atoms with van der Waals surface area (Å²) in [6, 6.07) is 0. The highest BCUT2D eigenvalue weighted by Gasteiger charge is 2.34. The van der Waals surface area contributed by atoms with Gasteiger partial charge in [-0.2, -0.15) is 0 Å². The molecule has 0 aromatic rings. The lowest BCUT2D eigenvalue weighted by Crippen LogP contribution is -2.52. The summed E-state index contributed by atoms with van der Waals surface area (Å²) in [6.07, 6.45) is 6.28. The first-order valence-corrected chi connectivity index (χ1v) is 7.32. The van der Waals surface area contributed by atoms with Crippen molar-refractivity contribution in [3.8, 4) is 0 Å². The first kappa shape index (κ1) is 14.9. The van der Waals surface area contributed by atoms with Crippen molar-refractivity contribution in [2.75, 3.05) is 39.8 Å². The van der Waals surface area contributed by atoms with Gasteiger partial charge in [-0.15, -0.1) is 0 Å². The minimum Gasteiger partial charge on any atom is -0.329 e. The quantitative estimate of drug-likeness (QED) is 0.771. The summed E-state index contributed by atoms with van der Waals surface area (Å²) in [5.41, 5.74) is 6.36. The fraction of sp³-hybridized carbons (Fsp3) is 1.00. The Morgan fingerprint density at radius 1 is 1.18 bits per heavy atom. The fourth-order valence-electron chi connectivity index (χ4n) is 3.09. The van der Waals surface area contributed by atoms with Crippen molar-refractivity contribution in [3.63, 3.8) is 0 Å². The number of hydrogen-bond donors (Lipinski definition) is 1. The summed E-state index contributed by atoms with van der Waals surface area (Å²) >= 11 is 0. The molecule has 1 aliphatic rings. The summed E-state index contributed by atoms with van der Waals surface area (Å²) in [7, 11) is 2.26. The van der Waals surface area contributed by atoms with E-state index in [0.29, 0.717) is 0 Å². The summed E-state index contributed by atoms with van der Waals surface area (Å²) < 4.78 is 0. The molecule has 1 aliphatic heterocycles. The Balaban J connectivity index is 2.60. The molecule has 102 valence electrons. The molecule has 0 aliphatic carbocycles. The van der Waals surface area contributed by atoms with Crippen molar-refractivity contribution in [2.24, 2.45) is 5.73 Å². The van der Waals surface area contributed by atoms with E-state index in [1.807, 2.05) is 0 Å². The number of likely N-dealkylation sites (N-methyl/N-ethyl adjacent to an activating group) is 1. The van der Waals surface area contributed by atoms with Crippen molar-refractivity contribution < 1.29 is 0 Å². The smallest absolute Gasteiger partial charge is 0.0341 e. The molecule has 1 fully saturated rings. The van der Waals surface area contributed by atoms with Gasteiger partial charge in [0.25, 0.3) is 0 Å². The monoisotopic (exact) mass is 241 g/mol. The molecule has 0 radical (unpaired) electrons. The first-order valence-electron chi connectivity index (χ1n) is 7.32. The second-order valence-electron chi connectivity index (χ2n) is 5.55. The van der Waals surface area contributed by atoms with Gasteiger partial charge >= 0.3 is 0 Å². The third-order valence-corrected chi connectivity index (χ3v) is 4.30. The molecule has 0 aromatic carbocycles. The van der Waals surface area contributed by atoms with Crippen LogP contribution in [0.1, 0.15) is 46.0 Å². The predicted molar refractivity (Wildman–Crippen MR) is 75.3 cm³/mol. The molecule has 1 heterocycles. The van der Waals surface area contributed by atoms with Gasteiger partial charge in [-0.1, -0.05) is 13.8 Å². The number of nitrogens with two attached hydrogens (primary N) is 1. The first-order chi connectivity index (χ1) is 8.18. The van der Waals surface area contributed by atoms with Gasteiger partial charge in [0.1, 0.15) is 0 Å². The summed E-state index contributed by atoms with van der Waals surface area (Å²) in [5.74, 6) is 0. The van der Waals surface area contributed by atoms with Crippen LogP contribution in [-0.4, -0.2) is 55.1 Å². The van der Waals surface area contributed by atoms with E-state index in [4.69, 9.17) is 5.73 Å². The maximum atomic E-state index is 6.10. The SMILES string of the molecule is CCCN1CCCC(CN)(N(C)CCC)CC1. The van der Waals surface area contributed by atoms with Gasteiger partial charge in [0.2, 0.25) is 0 Å². The zero-order chi connectivity index (χ0) is 12.7. The lowest BCUT2D eigenvalue weighted by molar-refractivity contribution is 0.107. The molecule has 3 heteroatoms. The molecule has 1 rings (SSSR count). The van der Waals surface area contributed by atoms with Crippen molar-refractivity contribution in [3.05, 3.63) is 0 Å². The molecular formula is C14H31N3. The maximum Gasteiger partial charge on any atom is 0.0341 e. The molecule has 1 atom stereocenters. The normalized spacial score (nSPS) is 27.4. The van der Waals surface area contributed by atoms with E-state index in [9.17, 15) is 0 Å². The Kier molecular flexibility index (Phi) is 6.45. The molecule has 0 spiro atoms. The zero-order valence-electron chi connectivity index (χ0n) is 12.0. The maximum absolute atomic E-state index is 6.10. The lowest BCUT2D eigenvalue weighted by Gasteiger charge is -2.41. The van der Waals surface area contributed by atoms with Crippen molar-refractivity contribution in [1.82, 2.24) is 9.80 Å². The third-order valence-electron chi connectivity index (χ3n) is 4.30. The van der Waals surface area contributed by atoms with Crippen molar-refractivity contribution >= 4 is 0 Å². The van der Waals surface area contributed by atoms with Crippen LogP contribution in [0, 0.1) is 0 Å². The second kappa shape index (κ2) is 7.34. The summed E-state index contributed by atoms with van der Waals surface area (Å²) in [5, 5.41) is 0. The lowest BCUT2D eigenvalue weighted by atomic mass is 9.88. The van der Waals surface area contributed by atoms with Gasteiger partial charge in [0, 0.05) is 12.1 Å². The van der Waals surface area contributed by atoms with E-state index in [0.717, 1.165) is 6.54 Å². The highest BCUT2D eigenvalue weighted by atomic mass is 15.2. The molecular weight excluding hydrogens is 210 g/mol. The van der Waals surface area contributed by atoms with Crippen LogP contribution in [-0.2, 0) is 0 Å². The average molecular weight is 241 g/mol. The third kappa shape index (κ3) is 3.94. The molecule has 0 aromatic heterocycles. The molecule has 0 saturated carbocycles. The van der Waals surface area contributed by atoms with Crippen LogP contribution < -0.4 is 5.73 Å². The van der Waals surface area contributed by atoms with Crippen molar-refractivity contribution in [1.29, 1.82) is 0 Å². The van der Waals surface area contributed by atoms with Gasteiger partial charge in [-0.25, -0.2) is 0 Å². The topological polar surface area (TPSA) is 32.5 Å². The average Bonchev–Trinajstić information content (AvgIpc) is 2.53. The zero-order valence-corrected chi connectivity index (χ0v) is 12.0. The Bertz CT molecular complexity index is 208. The molecule has 17 heavy (non-hydrogen) atoms. The van der Waals surface area contributed by atoms with E-state index in [-0.39, 0.29) is 5.54 Å².